The molecule has 0 bridgehead atoms. The lowest BCUT2D eigenvalue weighted by Crippen LogP contribution is -2.45. The van der Waals surface area contributed by atoms with Gasteiger partial charge in [-0.1, -0.05) is 19.3 Å². The van der Waals surface area contributed by atoms with Crippen LogP contribution in [0.15, 0.2) is 0 Å². The first-order valence-electron chi connectivity index (χ1n) is 7.20. The molecule has 0 heterocycles. The number of amides is 2. The molecule has 1 aliphatic carbocycles. The summed E-state index contributed by atoms with van der Waals surface area (Å²) in [6, 6.07) is 0.237. The number of hydrogen-bond donors (Lipinski definition) is 2. The van der Waals surface area contributed by atoms with Gasteiger partial charge in [-0.15, -0.1) is 0 Å². The van der Waals surface area contributed by atoms with E-state index in [1.54, 1.807) is 18.9 Å². The fourth-order valence-electron chi connectivity index (χ4n) is 2.54. The normalized spacial score (nSPS) is 20.2. The number of nitrogens with one attached hydrogen (secondary N) is 1. The number of carbonyl (C=O) groups excluding carboxylic acids is 1. The zero-order valence-electron chi connectivity index (χ0n) is 12.0. The van der Waals surface area contributed by atoms with E-state index in [1.807, 2.05) is 0 Å². The van der Waals surface area contributed by atoms with Crippen molar-refractivity contribution in [2.45, 2.75) is 64.5 Å². The molecule has 0 aromatic rings. The van der Waals surface area contributed by atoms with Crippen molar-refractivity contribution in [3.05, 3.63) is 0 Å². The summed E-state index contributed by atoms with van der Waals surface area (Å²) in [5.74, 6) is 0.632. The van der Waals surface area contributed by atoms with Gasteiger partial charge in [0.05, 0.1) is 6.10 Å². The van der Waals surface area contributed by atoms with Gasteiger partial charge in [0.1, 0.15) is 0 Å². The van der Waals surface area contributed by atoms with E-state index in [-0.39, 0.29) is 18.2 Å². The average Bonchev–Trinajstić information content (AvgIpc) is 2.36. The molecule has 2 unspecified atom stereocenters. The van der Waals surface area contributed by atoms with Crippen LogP contribution in [0.25, 0.3) is 0 Å². The van der Waals surface area contributed by atoms with Crippen molar-refractivity contribution in [3.63, 3.8) is 0 Å². The highest BCUT2D eigenvalue weighted by atomic mass is 16.3. The van der Waals surface area contributed by atoms with Gasteiger partial charge in [0.2, 0.25) is 0 Å². The number of nitrogens with zero attached hydrogens (tertiary/aromatic N) is 1. The number of rotatable bonds is 5. The molecule has 0 aromatic carbocycles. The molecule has 0 radical (unpaired) electrons. The zero-order chi connectivity index (χ0) is 13.5. The quantitative estimate of drug-likeness (QED) is 0.793. The Labute approximate surface area is 111 Å². The molecule has 1 rings (SSSR count). The van der Waals surface area contributed by atoms with Crippen LogP contribution in [-0.2, 0) is 0 Å². The van der Waals surface area contributed by atoms with Crippen molar-refractivity contribution in [2.24, 2.45) is 5.92 Å². The molecule has 0 saturated heterocycles. The minimum Gasteiger partial charge on any atom is -0.393 e. The van der Waals surface area contributed by atoms with E-state index in [4.69, 9.17) is 0 Å². The first-order chi connectivity index (χ1) is 8.50. The molecule has 106 valence electrons. The van der Waals surface area contributed by atoms with E-state index in [0.29, 0.717) is 18.9 Å². The van der Waals surface area contributed by atoms with Gasteiger partial charge in [-0.25, -0.2) is 4.79 Å². The second-order valence-corrected chi connectivity index (χ2v) is 5.70. The maximum Gasteiger partial charge on any atom is 0.317 e. The Morgan fingerprint density at radius 3 is 2.50 bits per heavy atom. The van der Waals surface area contributed by atoms with E-state index >= 15 is 0 Å². The van der Waals surface area contributed by atoms with Crippen LogP contribution in [0.4, 0.5) is 4.79 Å². The average molecular weight is 256 g/mol. The number of hydrogen-bond acceptors (Lipinski definition) is 2. The smallest absolute Gasteiger partial charge is 0.317 e. The SMILES string of the molecule is CC(O)CCN(C)C(=O)NC(C)C1CCCCC1. The summed E-state index contributed by atoms with van der Waals surface area (Å²) in [5, 5.41) is 12.3. The standard InChI is InChI=1S/C14H28N2O2/c1-11(17)9-10-16(3)14(18)15-12(2)13-7-5-4-6-8-13/h11-13,17H,4-10H2,1-3H3,(H,15,18). The maximum atomic E-state index is 11.9. The molecule has 1 fully saturated rings. The highest BCUT2D eigenvalue weighted by Crippen LogP contribution is 2.26. The van der Waals surface area contributed by atoms with E-state index in [0.717, 1.165) is 0 Å². The van der Waals surface area contributed by atoms with E-state index in [1.165, 1.54) is 32.1 Å². The molecule has 1 saturated carbocycles. The molecule has 2 N–H and O–H groups in total. The van der Waals surface area contributed by atoms with Crippen LogP contribution in [0.2, 0.25) is 0 Å². The van der Waals surface area contributed by atoms with Crippen LogP contribution >= 0.6 is 0 Å². The van der Waals surface area contributed by atoms with E-state index in [9.17, 15) is 9.90 Å². The van der Waals surface area contributed by atoms with Crippen molar-refractivity contribution >= 4 is 6.03 Å². The Bertz CT molecular complexity index is 250. The first kappa shape index (κ1) is 15.3. The third-order valence-corrected chi connectivity index (χ3v) is 3.94. The molecule has 4 nitrogen and oxygen atoms in total. The van der Waals surface area contributed by atoms with Crippen LogP contribution in [0.5, 0.6) is 0 Å². The molecular formula is C14H28N2O2. The Kier molecular flexibility index (Phi) is 6.47. The largest absolute Gasteiger partial charge is 0.393 e. The third kappa shape index (κ3) is 5.25. The molecule has 4 heteroatoms. The summed E-state index contributed by atoms with van der Waals surface area (Å²) in [7, 11) is 1.78. The van der Waals surface area contributed by atoms with Gasteiger partial charge in [0.15, 0.2) is 0 Å². The van der Waals surface area contributed by atoms with E-state index in [2.05, 4.69) is 12.2 Å². The lowest BCUT2D eigenvalue weighted by atomic mass is 9.84. The topological polar surface area (TPSA) is 52.6 Å². The Hall–Kier alpha value is -0.770. The number of aliphatic hydroxyl groups is 1. The number of urea groups is 1. The van der Waals surface area contributed by atoms with E-state index < -0.39 is 0 Å². The second kappa shape index (κ2) is 7.62. The third-order valence-electron chi connectivity index (χ3n) is 3.94. The van der Waals surface area contributed by atoms with Gasteiger partial charge >= 0.3 is 6.03 Å². The molecule has 18 heavy (non-hydrogen) atoms. The van der Waals surface area contributed by atoms with Gasteiger partial charge in [-0.2, -0.15) is 0 Å². The molecule has 0 aliphatic heterocycles. The number of aliphatic hydroxyl groups excluding tert-OH is 1. The molecule has 0 spiro atoms. The predicted octanol–water partition coefficient (Wildman–Crippen LogP) is 2.37. The number of carbonyl (C=O) groups is 1. The summed E-state index contributed by atoms with van der Waals surface area (Å²) in [6.45, 7) is 4.45. The Balaban J connectivity index is 2.29. The fraction of sp³-hybridized carbons (Fsp3) is 0.929. The summed E-state index contributed by atoms with van der Waals surface area (Å²) in [5.41, 5.74) is 0. The van der Waals surface area contributed by atoms with Crippen LogP contribution < -0.4 is 5.32 Å². The van der Waals surface area contributed by atoms with Crippen LogP contribution in [0, 0.1) is 5.92 Å². The van der Waals surface area contributed by atoms with Gasteiger partial charge in [-0.3, -0.25) is 0 Å². The summed E-state index contributed by atoms with van der Waals surface area (Å²) < 4.78 is 0. The Morgan fingerprint density at radius 1 is 1.33 bits per heavy atom. The van der Waals surface area contributed by atoms with Crippen molar-refractivity contribution in [3.8, 4) is 0 Å². The molecule has 1 aliphatic rings. The molecular weight excluding hydrogens is 228 g/mol. The molecule has 2 atom stereocenters. The van der Waals surface area contributed by atoms with Gasteiger partial charge < -0.3 is 15.3 Å². The van der Waals surface area contributed by atoms with Crippen LogP contribution in [-0.4, -0.2) is 41.8 Å². The minimum atomic E-state index is -0.351. The lowest BCUT2D eigenvalue weighted by Gasteiger charge is -2.30. The van der Waals surface area contributed by atoms with Crippen molar-refractivity contribution in [1.82, 2.24) is 10.2 Å². The van der Waals surface area contributed by atoms with Crippen LogP contribution in [0.3, 0.4) is 0 Å². The Morgan fingerprint density at radius 2 is 1.94 bits per heavy atom. The monoisotopic (exact) mass is 256 g/mol. The summed E-state index contributed by atoms with van der Waals surface area (Å²) in [6.07, 6.45) is 6.67. The molecule has 0 aromatic heterocycles. The second-order valence-electron chi connectivity index (χ2n) is 5.70. The van der Waals surface area contributed by atoms with Gasteiger partial charge in [0.25, 0.3) is 0 Å². The minimum absolute atomic E-state index is 0.0197. The van der Waals surface area contributed by atoms with Gasteiger partial charge in [0, 0.05) is 19.6 Å². The highest BCUT2D eigenvalue weighted by Gasteiger charge is 2.22. The summed E-state index contributed by atoms with van der Waals surface area (Å²) in [4.78, 5) is 13.6. The first-order valence-corrected chi connectivity index (χ1v) is 7.20. The van der Waals surface area contributed by atoms with Crippen LogP contribution in [0.1, 0.15) is 52.4 Å². The maximum absolute atomic E-state index is 11.9. The van der Waals surface area contributed by atoms with Gasteiger partial charge in [-0.05, 0) is 39.0 Å². The molecule has 2 amide bonds. The highest BCUT2D eigenvalue weighted by molar-refractivity contribution is 5.74. The zero-order valence-corrected chi connectivity index (χ0v) is 12.0. The van der Waals surface area contributed by atoms with Crippen molar-refractivity contribution in [2.75, 3.05) is 13.6 Å². The summed E-state index contributed by atoms with van der Waals surface area (Å²) >= 11 is 0. The lowest BCUT2D eigenvalue weighted by molar-refractivity contribution is 0.160. The van der Waals surface area contributed by atoms with Crippen molar-refractivity contribution < 1.29 is 9.90 Å². The van der Waals surface area contributed by atoms with Crippen molar-refractivity contribution in [1.29, 1.82) is 0 Å². The fourth-order valence-corrected chi connectivity index (χ4v) is 2.54. The predicted molar refractivity (Wildman–Crippen MR) is 73.5 cm³/mol.